The van der Waals surface area contributed by atoms with E-state index in [1.165, 1.54) is 0 Å². The molecule has 1 saturated heterocycles. The number of amides is 1. The summed E-state index contributed by atoms with van der Waals surface area (Å²) in [7, 11) is 1.90. The first-order chi connectivity index (χ1) is 12.2. The summed E-state index contributed by atoms with van der Waals surface area (Å²) < 4.78 is 5.47. The molecule has 6 nitrogen and oxygen atoms in total. The molecule has 3 rings (SSSR count). The average Bonchev–Trinajstić information content (AvgIpc) is 3.13. The summed E-state index contributed by atoms with van der Waals surface area (Å²) in [5.41, 5.74) is 0.871. The van der Waals surface area contributed by atoms with Crippen LogP contribution in [0.5, 0.6) is 0 Å². The summed E-state index contributed by atoms with van der Waals surface area (Å²) in [6.07, 6.45) is 3.36. The van der Waals surface area contributed by atoms with Crippen LogP contribution in [0.2, 0.25) is 5.02 Å². The Morgan fingerprint density at radius 1 is 1.40 bits per heavy atom. The van der Waals surface area contributed by atoms with Crippen LogP contribution in [0.25, 0.3) is 11.4 Å². The predicted molar refractivity (Wildman–Crippen MR) is 96.5 cm³/mol. The second kappa shape index (κ2) is 8.45. The number of carbonyl (C=O) groups is 1. The van der Waals surface area contributed by atoms with E-state index in [1.54, 1.807) is 12.1 Å². The highest BCUT2D eigenvalue weighted by Crippen LogP contribution is 2.28. The maximum absolute atomic E-state index is 12.3. The lowest BCUT2D eigenvalue weighted by Gasteiger charge is -2.31. The zero-order chi connectivity index (χ0) is 17.6. The van der Waals surface area contributed by atoms with Crippen LogP contribution < -0.4 is 5.32 Å². The zero-order valence-corrected chi connectivity index (χ0v) is 15.1. The number of nitrogens with zero attached hydrogens (tertiary/aromatic N) is 3. The lowest BCUT2D eigenvalue weighted by Crippen LogP contribution is -2.39. The molecule has 1 unspecified atom stereocenters. The molecule has 0 saturated carbocycles. The monoisotopic (exact) mass is 362 g/mol. The molecule has 1 fully saturated rings. The third-order valence-corrected chi connectivity index (χ3v) is 4.74. The molecule has 0 aliphatic carbocycles. The number of likely N-dealkylation sites (tertiary alicyclic amines) is 1. The van der Waals surface area contributed by atoms with Crippen molar-refractivity contribution in [3.8, 4) is 11.4 Å². The topological polar surface area (TPSA) is 71.3 Å². The second-order valence-corrected chi connectivity index (χ2v) is 6.79. The van der Waals surface area contributed by atoms with E-state index in [0.717, 1.165) is 37.9 Å². The van der Waals surface area contributed by atoms with E-state index < -0.39 is 0 Å². The fourth-order valence-corrected chi connectivity index (χ4v) is 3.22. The van der Waals surface area contributed by atoms with Crippen LogP contribution >= 0.6 is 11.6 Å². The highest BCUT2D eigenvalue weighted by atomic mass is 35.5. The minimum atomic E-state index is 0.107. The van der Waals surface area contributed by atoms with Crippen LogP contribution in [0, 0.1) is 0 Å². The van der Waals surface area contributed by atoms with Crippen molar-refractivity contribution in [2.24, 2.45) is 0 Å². The van der Waals surface area contributed by atoms with Crippen molar-refractivity contribution in [3.63, 3.8) is 0 Å². The van der Waals surface area contributed by atoms with Crippen molar-refractivity contribution in [1.29, 1.82) is 0 Å². The van der Waals surface area contributed by atoms with Gasteiger partial charge in [0.1, 0.15) is 0 Å². The number of piperidine rings is 1. The van der Waals surface area contributed by atoms with Gasteiger partial charge in [0.25, 0.3) is 0 Å². The summed E-state index contributed by atoms with van der Waals surface area (Å²) in [6.45, 7) is 2.32. The smallest absolute Gasteiger partial charge is 0.231 e. The van der Waals surface area contributed by atoms with Crippen LogP contribution in [0.1, 0.15) is 37.5 Å². The molecule has 1 amide bonds. The van der Waals surface area contributed by atoms with Gasteiger partial charge >= 0.3 is 0 Å². The molecule has 0 radical (unpaired) electrons. The van der Waals surface area contributed by atoms with Crippen molar-refractivity contribution in [1.82, 2.24) is 20.4 Å². The van der Waals surface area contributed by atoms with Gasteiger partial charge in [-0.05, 0) is 57.1 Å². The van der Waals surface area contributed by atoms with Gasteiger partial charge in [0.15, 0.2) is 0 Å². The zero-order valence-electron chi connectivity index (χ0n) is 14.4. The van der Waals surface area contributed by atoms with E-state index in [9.17, 15) is 4.79 Å². The third-order valence-electron chi connectivity index (χ3n) is 4.48. The SMILES string of the molecule is CNCCCC(=O)N1CCCC(c2nc(-c3ccc(Cl)cc3)no2)C1. The van der Waals surface area contributed by atoms with E-state index in [1.807, 2.05) is 24.1 Å². The summed E-state index contributed by atoms with van der Waals surface area (Å²) >= 11 is 5.91. The molecule has 1 aliphatic heterocycles. The maximum atomic E-state index is 12.3. The Kier molecular flexibility index (Phi) is 6.04. The van der Waals surface area contributed by atoms with Gasteiger partial charge in [0, 0.05) is 30.1 Å². The maximum Gasteiger partial charge on any atom is 0.231 e. The summed E-state index contributed by atoms with van der Waals surface area (Å²) in [5.74, 6) is 1.48. The van der Waals surface area contributed by atoms with E-state index in [-0.39, 0.29) is 11.8 Å². The summed E-state index contributed by atoms with van der Waals surface area (Å²) in [4.78, 5) is 18.8. The van der Waals surface area contributed by atoms with E-state index in [0.29, 0.717) is 29.7 Å². The Morgan fingerprint density at radius 3 is 2.96 bits per heavy atom. The summed E-state index contributed by atoms with van der Waals surface area (Å²) in [5, 5.41) is 7.82. The number of carbonyl (C=O) groups excluding carboxylic acids is 1. The van der Waals surface area contributed by atoms with Crippen molar-refractivity contribution in [2.45, 2.75) is 31.6 Å². The first-order valence-corrected chi connectivity index (χ1v) is 9.07. The number of nitrogens with one attached hydrogen (secondary N) is 1. The van der Waals surface area contributed by atoms with Crippen LogP contribution in [-0.2, 0) is 4.79 Å². The van der Waals surface area contributed by atoms with Crippen LogP contribution in [0.3, 0.4) is 0 Å². The molecule has 2 aromatic rings. The van der Waals surface area contributed by atoms with Crippen molar-refractivity contribution >= 4 is 17.5 Å². The fraction of sp³-hybridized carbons (Fsp3) is 0.500. The Balaban J connectivity index is 1.63. The number of aromatic nitrogens is 2. The molecular formula is C18H23ClN4O2. The second-order valence-electron chi connectivity index (χ2n) is 6.35. The molecule has 1 atom stereocenters. The third kappa shape index (κ3) is 4.58. The van der Waals surface area contributed by atoms with Crippen LogP contribution in [-0.4, -0.2) is 47.6 Å². The van der Waals surface area contributed by atoms with E-state index in [2.05, 4.69) is 15.5 Å². The molecule has 0 bridgehead atoms. The summed E-state index contributed by atoms with van der Waals surface area (Å²) in [6, 6.07) is 7.35. The predicted octanol–water partition coefficient (Wildman–Crippen LogP) is 3.10. The van der Waals surface area contributed by atoms with E-state index >= 15 is 0 Å². The van der Waals surface area contributed by atoms with Gasteiger partial charge in [-0.25, -0.2) is 0 Å². The van der Waals surface area contributed by atoms with Crippen molar-refractivity contribution in [3.05, 3.63) is 35.2 Å². The molecule has 1 aromatic heterocycles. The largest absolute Gasteiger partial charge is 0.342 e. The van der Waals surface area contributed by atoms with Gasteiger partial charge in [0.2, 0.25) is 17.6 Å². The molecule has 1 aliphatic rings. The minimum absolute atomic E-state index is 0.107. The van der Waals surface area contributed by atoms with Gasteiger partial charge in [-0.15, -0.1) is 0 Å². The number of hydrogen-bond donors (Lipinski definition) is 1. The highest BCUT2D eigenvalue weighted by Gasteiger charge is 2.28. The van der Waals surface area contributed by atoms with Gasteiger partial charge < -0.3 is 14.7 Å². The first kappa shape index (κ1) is 17.9. The van der Waals surface area contributed by atoms with Gasteiger partial charge in [0.05, 0.1) is 5.92 Å². The van der Waals surface area contributed by atoms with Crippen molar-refractivity contribution in [2.75, 3.05) is 26.7 Å². The van der Waals surface area contributed by atoms with Gasteiger partial charge in [-0.2, -0.15) is 4.98 Å². The normalized spacial score (nSPS) is 17.7. The number of halogens is 1. The molecule has 7 heteroatoms. The average molecular weight is 363 g/mol. The lowest BCUT2D eigenvalue weighted by molar-refractivity contribution is -0.132. The lowest BCUT2D eigenvalue weighted by atomic mass is 9.97. The van der Waals surface area contributed by atoms with Gasteiger partial charge in [-0.3, -0.25) is 4.79 Å². The van der Waals surface area contributed by atoms with Gasteiger partial charge in [-0.1, -0.05) is 16.8 Å². The molecule has 134 valence electrons. The molecule has 0 spiro atoms. The Labute approximate surface area is 152 Å². The number of rotatable bonds is 6. The Hall–Kier alpha value is -1.92. The molecule has 25 heavy (non-hydrogen) atoms. The molecule has 1 aromatic carbocycles. The Bertz CT molecular complexity index is 701. The van der Waals surface area contributed by atoms with E-state index in [4.69, 9.17) is 16.1 Å². The fourth-order valence-electron chi connectivity index (χ4n) is 3.10. The number of hydrogen-bond acceptors (Lipinski definition) is 5. The number of benzene rings is 1. The first-order valence-electron chi connectivity index (χ1n) is 8.69. The standard InChI is InChI=1S/C18H23ClN4O2/c1-20-10-2-5-16(24)23-11-3-4-14(12-23)18-21-17(22-25-18)13-6-8-15(19)9-7-13/h6-9,14,20H,2-5,10-12H2,1H3. The Morgan fingerprint density at radius 2 is 2.20 bits per heavy atom. The quantitative estimate of drug-likeness (QED) is 0.799. The highest BCUT2D eigenvalue weighted by molar-refractivity contribution is 6.30. The van der Waals surface area contributed by atoms with Crippen LogP contribution in [0.15, 0.2) is 28.8 Å². The molecule has 2 heterocycles. The minimum Gasteiger partial charge on any atom is -0.342 e. The van der Waals surface area contributed by atoms with Crippen molar-refractivity contribution < 1.29 is 9.32 Å². The molecular weight excluding hydrogens is 340 g/mol. The van der Waals surface area contributed by atoms with Crippen LogP contribution in [0.4, 0.5) is 0 Å². The molecule has 1 N–H and O–H groups in total.